The number of nitriles is 1. The Kier molecular flexibility index (Phi) is 7.77. The van der Waals surface area contributed by atoms with Gasteiger partial charge in [0.2, 0.25) is 22.2 Å². The van der Waals surface area contributed by atoms with Crippen molar-refractivity contribution in [1.82, 2.24) is 14.1 Å². The number of aliphatic imine (C=N–C) groups is 1. The van der Waals surface area contributed by atoms with Gasteiger partial charge < -0.3 is 14.5 Å². The fraction of sp³-hybridized carbons (Fsp3) is 0.560. The van der Waals surface area contributed by atoms with Gasteiger partial charge in [0, 0.05) is 39.3 Å². The molecular formula is C25H33N5O4S. The lowest BCUT2D eigenvalue weighted by atomic mass is 9.80. The number of hydrogen-bond acceptors (Lipinski definition) is 6. The Morgan fingerprint density at radius 2 is 1.74 bits per heavy atom. The fourth-order valence-corrected chi connectivity index (χ4v) is 7.28. The van der Waals surface area contributed by atoms with Gasteiger partial charge in [-0.05, 0) is 43.2 Å². The maximum Gasteiger partial charge on any atom is 0.313 e. The fourth-order valence-electron chi connectivity index (χ4n) is 5.32. The van der Waals surface area contributed by atoms with Gasteiger partial charge in [-0.1, -0.05) is 36.4 Å². The second kappa shape index (κ2) is 10.8. The molecule has 35 heavy (non-hydrogen) atoms. The van der Waals surface area contributed by atoms with Crippen LogP contribution in [0.4, 0.5) is 0 Å². The van der Waals surface area contributed by atoms with E-state index in [0.29, 0.717) is 51.4 Å². The Bertz CT molecular complexity index is 1110. The lowest BCUT2D eigenvalue weighted by molar-refractivity contribution is -0.153. The van der Waals surface area contributed by atoms with Crippen molar-refractivity contribution in [2.45, 2.75) is 32.1 Å². The lowest BCUT2D eigenvalue weighted by Crippen LogP contribution is -2.54. The number of esters is 1. The van der Waals surface area contributed by atoms with Crippen LogP contribution in [0, 0.1) is 16.9 Å². The molecule has 188 valence electrons. The molecule has 0 atom stereocenters. The minimum Gasteiger partial charge on any atom is -0.469 e. The Hall–Kier alpha value is -2.90. The van der Waals surface area contributed by atoms with Gasteiger partial charge in [0.15, 0.2) is 0 Å². The molecule has 0 bridgehead atoms. The largest absolute Gasteiger partial charge is 0.469 e. The number of piperidine rings is 1. The summed E-state index contributed by atoms with van der Waals surface area (Å²) in [7, 11) is -2.38. The van der Waals surface area contributed by atoms with Crippen molar-refractivity contribution >= 4 is 27.5 Å². The van der Waals surface area contributed by atoms with Gasteiger partial charge >= 0.3 is 5.97 Å². The number of carbonyl (C=O) groups is 1. The number of likely N-dealkylation sites (tertiary alicyclic amines) is 2. The smallest absolute Gasteiger partial charge is 0.313 e. The third-order valence-electron chi connectivity index (χ3n) is 7.33. The van der Waals surface area contributed by atoms with Crippen LogP contribution in [0.2, 0.25) is 0 Å². The van der Waals surface area contributed by atoms with E-state index in [1.165, 1.54) is 11.4 Å². The Balaban J connectivity index is 1.46. The minimum atomic E-state index is -3.69. The minimum absolute atomic E-state index is 0.274. The second-order valence-corrected chi connectivity index (χ2v) is 11.4. The first-order valence-corrected chi connectivity index (χ1v) is 13.8. The highest BCUT2D eigenvalue weighted by Crippen LogP contribution is 2.36. The molecule has 2 fully saturated rings. The summed E-state index contributed by atoms with van der Waals surface area (Å²) in [5.41, 5.74) is 1.13. The lowest BCUT2D eigenvalue weighted by Gasteiger charge is -2.42. The van der Waals surface area contributed by atoms with Crippen molar-refractivity contribution < 1.29 is 17.9 Å². The van der Waals surface area contributed by atoms with Crippen molar-refractivity contribution in [2.24, 2.45) is 10.4 Å². The monoisotopic (exact) mass is 499 g/mol. The SMILES string of the molecule is COC(=O)C1(CS(=O)(=O)N2CC=C(c3ccccc3)CC2)CCN(C(=NC#N)N2CCCC2)CC1. The molecule has 9 nitrogen and oxygen atoms in total. The number of ether oxygens (including phenoxy) is 1. The van der Waals surface area contributed by atoms with Crippen LogP contribution in [-0.2, 0) is 19.6 Å². The first-order chi connectivity index (χ1) is 16.9. The summed E-state index contributed by atoms with van der Waals surface area (Å²) in [5, 5.41) is 9.19. The molecule has 0 radical (unpaired) electrons. The summed E-state index contributed by atoms with van der Waals surface area (Å²) in [6.45, 7) is 3.27. The number of methoxy groups -OCH3 is 1. The van der Waals surface area contributed by atoms with E-state index in [0.717, 1.165) is 37.1 Å². The standard InChI is InChI=1S/C25H33N5O4S/c1-34-23(31)25(11-17-29(18-12-25)24(27-20-26)28-13-5-6-14-28)19-35(32,33)30-15-9-22(10-16-30)21-7-3-2-4-8-21/h2-4,7-9H,5-6,10-19H2,1H3. The summed E-state index contributed by atoms with van der Waals surface area (Å²) in [6.07, 6.45) is 7.26. The first-order valence-electron chi connectivity index (χ1n) is 12.2. The van der Waals surface area contributed by atoms with E-state index in [9.17, 15) is 18.5 Å². The van der Waals surface area contributed by atoms with Crippen LogP contribution in [0.3, 0.4) is 0 Å². The Labute approximate surface area is 207 Å². The molecule has 0 unspecified atom stereocenters. The van der Waals surface area contributed by atoms with Crippen LogP contribution < -0.4 is 0 Å². The van der Waals surface area contributed by atoms with E-state index < -0.39 is 21.4 Å². The molecule has 0 aromatic heterocycles. The number of hydrogen-bond donors (Lipinski definition) is 0. The van der Waals surface area contributed by atoms with Crippen LogP contribution in [-0.4, -0.2) is 86.6 Å². The molecule has 0 N–H and O–H groups in total. The molecule has 3 aliphatic rings. The molecule has 3 aliphatic heterocycles. The van der Waals surface area contributed by atoms with Crippen molar-refractivity contribution in [2.75, 3.05) is 52.1 Å². The van der Waals surface area contributed by atoms with Gasteiger partial charge in [0.25, 0.3) is 0 Å². The third kappa shape index (κ3) is 5.52. The number of rotatable bonds is 5. The van der Waals surface area contributed by atoms with Crippen LogP contribution in [0.25, 0.3) is 5.57 Å². The van der Waals surface area contributed by atoms with Gasteiger partial charge in [-0.2, -0.15) is 9.57 Å². The van der Waals surface area contributed by atoms with E-state index in [1.807, 2.05) is 47.5 Å². The molecule has 1 aromatic rings. The van der Waals surface area contributed by atoms with E-state index in [-0.39, 0.29) is 5.75 Å². The van der Waals surface area contributed by atoms with Crippen LogP contribution in [0.5, 0.6) is 0 Å². The Morgan fingerprint density at radius 3 is 2.31 bits per heavy atom. The molecule has 3 heterocycles. The van der Waals surface area contributed by atoms with Gasteiger partial charge in [-0.15, -0.1) is 4.99 Å². The molecule has 0 saturated carbocycles. The van der Waals surface area contributed by atoms with Crippen molar-refractivity contribution in [3.63, 3.8) is 0 Å². The molecule has 0 aliphatic carbocycles. The number of sulfonamides is 1. The summed E-state index contributed by atoms with van der Waals surface area (Å²) in [4.78, 5) is 21.1. The zero-order valence-electron chi connectivity index (χ0n) is 20.2. The second-order valence-electron chi connectivity index (χ2n) is 9.42. The summed E-state index contributed by atoms with van der Waals surface area (Å²) in [5.74, 6) is -0.136. The topological polar surface area (TPSA) is 106 Å². The predicted octanol–water partition coefficient (Wildman–Crippen LogP) is 2.29. The van der Waals surface area contributed by atoms with Crippen LogP contribution in [0.1, 0.15) is 37.7 Å². The number of benzene rings is 1. The van der Waals surface area contributed by atoms with E-state index in [4.69, 9.17) is 4.74 Å². The number of carbonyl (C=O) groups excluding carboxylic acids is 1. The van der Waals surface area contributed by atoms with E-state index in [2.05, 4.69) is 9.89 Å². The summed E-state index contributed by atoms with van der Waals surface area (Å²) in [6, 6.07) is 9.97. The maximum absolute atomic E-state index is 13.4. The number of guanidine groups is 1. The van der Waals surface area contributed by atoms with Gasteiger partial charge in [-0.25, -0.2) is 8.42 Å². The highest BCUT2D eigenvalue weighted by molar-refractivity contribution is 7.89. The van der Waals surface area contributed by atoms with Gasteiger partial charge in [0.05, 0.1) is 18.3 Å². The zero-order valence-corrected chi connectivity index (χ0v) is 21.0. The molecule has 4 rings (SSSR count). The number of nitrogens with zero attached hydrogens (tertiary/aromatic N) is 5. The summed E-state index contributed by atoms with van der Waals surface area (Å²) < 4.78 is 33.5. The quantitative estimate of drug-likeness (QED) is 0.265. The molecule has 2 saturated heterocycles. The van der Waals surface area contributed by atoms with Gasteiger partial charge in [0.1, 0.15) is 0 Å². The van der Waals surface area contributed by atoms with Crippen molar-refractivity contribution in [1.29, 1.82) is 5.26 Å². The normalized spacial score (nSPS) is 21.4. The van der Waals surface area contributed by atoms with Crippen LogP contribution in [0.15, 0.2) is 41.4 Å². The molecule has 1 aromatic carbocycles. The van der Waals surface area contributed by atoms with Crippen molar-refractivity contribution in [3.05, 3.63) is 42.0 Å². The molecule has 0 spiro atoms. The van der Waals surface area contributed by atoms with Gasteiger partial charge in [-0.3, -0.25) is 4.79 Å². The van der Waals surface area contributed by atoms with E-state index >= 15 is 0 Å². The first kappa shape index (κ1) is 25.2. The molecule has 0 amide bonds. The molecule has 10 heteroatoms. The summed E-state index contributed by atoms with van der Waals surface area (Å²) >= 11 is 0. The predicted molar refractivity (Wildman–Crippen MR) is 134 cm³/mol. The Morgan fingerprint density at radius 1 is 1.09 bits per heavy atom. The average molecular weight is 500 g/mol. The van der Waals surface area contributed by atoms with Crippen molar-refractivity contribution in [3.8, 4) is 6.19 Å². The average Bonchev–Trinajstić information content (AvgIpc) is 3.42. The zero-order chi connectivity index (χ0) is 24.9. The molecular weight excluding hydrogens is 466 g/mol. The highest BCUT2D eigenvalue weighted by atomic mass is 32.2. The third-order valence-corrected chi connectivity index (χ3v) is 9.37. The maximum atomic E-state index is 13.4. The highest BCUT2D eigenvalue weighted by Gasteiger charge is 2.48. The van der Waals surface area contributed by atoms with Crippen LogP contribution >= 0.6 is 0 Å². The van der Waals surface area contributed by atoms with E-state index in [1.54, 1.807) is 0 Å².